The van der Waals surface area contributed by atoms with Gasteiger partial charge in [0.2, 0.25) is 0 Å². The predicted octanol–water partition coefficient (Wildman–Crippen LogP) is -8.93. The standard InChI is InChI=1S/ClHO3.2ClH.Pd/c2-1(3)4;;;/h2H;2*1H;/q;;;+2/p-2. The smallest absolute Gasteiger partial charge is 1.00 e. The quantitative estimate of drug-likeness (QED) is 0.441. The molecule has 7 heteroatoms. The molecule has 3 nitrogen and oxygen atoms in total. The van der Waals surface area contributed by atoms with Gasteiger partial charge < -0.3 is 34.1 Å². The molecule has 0 atom stereocenters. The van der Waals surface area contributed by atoms with Crippen molar-refractivity contribution in [3.05, 3.63) is 0 Å². The zero-order valence-corrected chi connectivity index (χ0v) is 6.54. The van der Waals surface area contributed by atoms with Gasteiger partial charge in [-0.15, -0.1) is 0 Å². The Morgan fingerprint density at radius 2 is 1.14 bits per heavy atom. The van der Waals surface area contributed by atoms with E-state index in [2.05, 4.69) is 0 Å². The van der Waals surface area contributed by atoms with E-state index in [1.807, 2.05) is 0 Å². The van der Waals surface area contributed by atoms with Crippen molar-refractivity contribution in [1.82, 2.24) is 0 Å². The average Bonchev–Trinajstić information content (AvgIpc) is 0.811. The Morgan fingerprint density at radius 1 is 1.14 bits per heavy atom. The molecule has 7 heavy (non-hydrogen) atoms. The molecular formula is HCl3O3Pd. The Bertz CT molecular complexity index is 14.9. The van der Waals surface area contributed by atoms with Gasteiger partial charge in [-0.3, -0.25) is 0 Å². The Balaban J connectivity index is -0.0000000150. The van der Waals surface area contributed by atoms with E-state index in [-0.39, 0.29) is 45.2 Å². The second-order valence-electron chi connectivity index (χ2n) is 0.201. The fourth-order valence-corrected chi connectivity index (χ4v) is 0. The molecule has 0 aromatic rings. The molecule has 0 heterocycles. The third kappa shape index (κ3) is 109. The van der Waals surface area contributed by atoms with Gasteiger partial charge in [0, 0.05) is 4.66 Å². The first-order valence-electron chi connectivity index (χ1n) is 0.478. The van der Waals surface area contributed by atoms with Crippen molar-refractivity contribution in [2.75, 3.05) is 0 Å². The Kier molecular flexibility index (Phi) is 53.1. The summed E-state index contributed by atoms with van der Waals surface area (Å²) in [5.74, 6) is 0. The van der Waals surface area contributed by atoms with Crippen molar-refractivity contribution < 1.29 is 70.0 Å². The predicted molar refractivity (Wildman–Crippen MR) is 2.22 cm³/mol. The second-order valence-corrected chi connectivity index (χ2v) is 0.603. The summed E-state index contributed by atoms with van der Waals surface area (Å²) >= 11 is 0. The molecule has 0 saturated carbocycles. The third-order valence-electron chi connectivity index (χ3n) is 0. The van der Waals surface area contributed by atoms with Crippen molar-refractivity contribution in [2.24, 2.45) is 0 Å². The van der Waals surface area contributed by atoms with E-state index in [1.165, 1.54) is 0 Å². The van der Waals surface area contributed by atoms with E-state index >= 15 is 0 Å². The molecule has 0 aromatic heterocycles. The molecule has 0 aliphatic heterocycles. The minimum absolute atomic E-state index is 0. The monoisotopic (exact) mass is 260 g/mol. The number of halogens is 3. The number of rotatable bonds is 0. The van der Waals surface area contributed by atoms with Gasteiger partial charge in [-0.25, -0.2) is 0 Å². The van der Waals surface area contributed by atoms with Crippen LogP contribution in [-0.2, 0) is 20.4 Å². The summed E-state index contributed by atoms with van der Waals surface area (Å²) in [6, 6.07) is 0. The van der Waals surface area contributed by atoms with Crippen LogP contribution in [0.1, 0.15) is 0 Å². The van der Waals surface area contributed by atoms with Gasteiger partial charge in [0.05, 0.1) is 0 Å². The van der Waals surface area contributed by atoms with E-state index < -0.39 is 10.8 Å². The second kappa shape index (κ2) is 15.7. The third-order valence-corrected chi connectivity index (χ3v) is 0. The van der Waals surface area contributed by atoms with Crippen LogP contribution in [0.5, 0.6) is 0 Å². The summed E-state index contributed by atoms with van der Waals surface area (Å²) < 4.78 is 24.0. The van der Waals surface area contributed by atoms with Gasteiger partial charge in [-0.2, -0.15) is 0 Å². The molecular weight excluding hydrogens is 261 g/mol. The van der Waals surface area contributed by atoms with E-state index in [1.54, 1.807) is 0 Å². The summed E-state index contributed by atoms with van der Waals surface area (Å²) in [6.45, 7) is 0. The molecule has 0 fully saturated rings. The minimum atomic E-state index is -2.60. The van der Waals surface area contributed by atoms with Crippen LogP contribution in [0.4, 0.5) is 0 Å². The molecule has 1 N–H and O–H groups in total. The number of hydrogen-bond donors (Lipinski definition) is 1. The van der Waals surface area contributed by atoms with Crippen molar-refractivity contribution in [2.45, 2.75) is 0 Å². The number of hydrogen-bond acceptors (Lipinski definition) is 3. The molecule has 50 valence electrons. The van der Waals surface area contributed by atoms with Gasteiger partial charge in [-0.1, -0.05) is 0 Å². The summed E-state index contributed by atoms with van der Waals surface area (Å²) in [5, 5.41) is 0. The fourth-order valence-electron chi connectivity index (χ4n) is 0. The largest absolute Gasteiger partial charge is 2.00 e. The van der Waals surface area contributed by atoms with Crippen LogP contribution < -0.4 is 34.1 Å². The molecule has 0 aliphatic carbocycles. The van der Waals surface area contributed by atoms with Crippen LogP contribution in [0.15, 0.2) is 0 Å². The zero-order valence-electron chi connectivity index (χ0n) is 2.71. The van der Waals surface area contributed by atoms with Crippen LogP contribution in [0.3, 0.4) is 0 Å². The van der Waals surface area contributed by atoms with Crippen LogP contribution in [0, 0.1) is 10.8 Å². The fraction of sp³-hybridized carbons (Fsp3) is 0. The molecule has 0 saturated heterocycles. The van der Waals surface area contributed by atoms with E-state index in [0.29, 0.717) is 0 Å². The van der Waals surface area contributed by atoms with Gasteiger partial charge in [0.1, 0.15) is 0 Å². The maximum absolute atomic E-state index is 8.52. The van der Waals surface area contributed by atoms with E-state index in [0.717, 1.165) is 0 Å². The van der Waals surface area contributed by atoms with Crippen LogP contribution in [0.25, 0.3) is 0 Å². The molecule has 0 rings (SSSR count). The summed E-state index contributed by atoms with van der Waals surface area (Å²) in [5.41, 5.74) is 0. The first-order chi connectivity index (χ1) is 1.73. The molecule has 0 aromatic carbocycles. The average molecular weight is 262 g/mol. The SMILES string of the molecule is [Cl-].[Cl-].[O-][Cl+2]([O-])O.[Pd+2]. The summed E-state index contributed by atoms with van der Waals surface area (Å²) in [6.07, 6.45) is 0. The Hall–Kier alpha value is 1.41. The maximum Gasteiger partial charge on any atom is 2.00 e. The summed E-state index contributed by atoms with van der Waals surface area (Å²) in [7, 11) is -2.60. The first-order valence-corrected chi connectivity index (χ1v) is 1.43. The molecule has 0 bridgehead atoms. The first kappa shape index (κ1) is 23.7. The molecule has 0 spiro atoms. The summed E-state index contributed by atoms with van der Waals surface area (Å²) in [4.78, 5) is 0. The van der Waals surface area contributed by atoms with Crippen molar-refractivity contribution in [3.8, 4) is 0 Å². The zero-order chi connectivity index (χ0) is 3.58. The van der Waals surface area contributed by atoms with Crippen LogP contribution >= 0.6 is 0 Å². The van der Waals surface area contributed by atoms with Gasteiger partial charge >= 0.3 is 20.4 Å². The van der Waals surface area contributed by atoms with Gasteiger partial charge in [0.25, 0.3) is 10.8 Å². The Labute approximate surface area is 70.0 Å². The molecule has 0 unspecified atom stereocenters. The maximum atomic E-state index is 8.52. The Morgan fingerprint density at radius 3 is 1.14 bits per heavy atom. The van der Waals surface area contributed by atoms with E-state index in [9.17, 15) is 0 Å². The van der Waals surface area contributed by atoms with Crippen molar-refractivity contribution in [3.63, 3.8) is 0 Å². The van der Waals surface area contributed by atoms with E-state index in [4.69, 9.17) is 14.0 Å². The normalized spacial score (nSPS) is 5.14. The minimum Gasteiger partial charge on any atom is -1.00 e. The van der Waals surface area contributed by atoms with Gasteiger partial charge in [0.15, 0.2) is 0 Å². The van der Waals surface area contributed by atoms with Crippen LogP contribution in [0.2, 0.25) is 0 Å². The van der Waals surface area contributed by atoms with Gasteiger partial charge in [-0.05, 0) is 0 Å². The molecule has 0 radical (unpaired) electrons. The molecule has 0 aliphatic rings. The van der Waals surface area contributed by atoms with Crippen LogP contribution in [-0.4, -0.2) is 4.66 Å². The topological polar surface area (TPSA) is 66.3 Å². The van der Waals surface area contributed by atoms with Crippen molar-refractivity contribution in [1.29, 1.82) is 0 Å². The van der Waals surface area contributed by atoms with Crippen molar-refractivity contribution >= 4 is 0 Å². The molecule has 0 amide bonds.